The lowest BCUT2D eigenvalue weighted by molar-refractivity contribution is -0.897. The van der Waals surface area contributed by atoms with E-state index in [0.717, 1.165) is 19.6 Å². The van der Waals surface area contributed by atoms with E-state index >= 15 is 0 Å². The SMILES string of the molecule is O=S(=O)(c1ccccc1Cl)N1CC[NH+](C/C=C/c2ccccc2)CC1. The van der Waals surface area contributed by atoms with Crippen molar-refractivity contribution in [3.8, 4) is 0 Å². The van der Waals surface area contributed by atoms with E-state index < -0.39 is 10.0 Å². The molecule has 0 unspecified atom stereocenters. The Hall–Kier alpha value is -1.66. The van der Waals surface area contributed by atoms with Crippen molar-refractivity contribution >= 4 is 27.7 Å². The molecule has 1 saturated heterocycles. The van der Waals surface area contributed by atoms with Gasteiger partial charge in [0.25, 0.3) is 0 Å². The van der Waals surface area contributed by atoms with E-state index in [9.17, 15) is 8.42 Å². The molecule has 0 amide bonds. The van der Waals surface area contributed by atoms with Crippen molar-refractivity contribution in [2.45, 2.75) is 4.90 Å². The van der Waals surface area contributed by atoms with E-state index in [4.69, 9.17) is 11.6 Å². The summed E-state index contributed by atoms with van der Waals surface area (Å²) in [5, 5.41) is 0.281. The van der Waals surface area contributed by atoms with Crippen LogP contribution in [0.3, 0.4) is 0 Å². The number of nitrogens with zero attached hydrogens (tertiary/aromatic N) is 1. The topological polar surface area (TPSA) is 41.8 Å². The van der Waals surface area contributed by atoms with Gasteiger partial charge in [-0.15, -0.1) is 0 Å². The summed E-state index contributed by atoms with van der Waals surface area (Å²) in [7, 11) is -3.51. The molecule has 0 spiro atoms. The molecule has 1 aliphatic rings. The molecule has 0 atom stereocenters. The maximum absolute atomic E-state index is 12.7. The first-order chi connectivity index (χ1) is 12.1. The Kier molecular flexibility index (Phi) is 5.91. The second-order valence-corrected chi connectivity index (χ2v) is 8.42. The van der Waals surface area contributed by atoms with E-state index in [-0.39, 0.29) is 9.92 Å². The van der Waals surface area contributed by atoms with Crippen LogP contribution in [0, 0.1) is 0 Å². The average molecular weight is 378 g/mol. The molecule has 0 aromatic heterocycles. The van der Waals surface area contributed by atoms with E-state index in [2.05, 4.69) is 24.3 Å². The van der Waals surface area contributed by atoms with Crippen LogP contribution in [0.4, 0.5) is 0 Å². The number of quaternary nitrogens is 1. The molecule has 25 heavy (non-hydrogen) atoms. The number of benzene rings is 2. The van der Waals surface area contributed by atoms with Gasteiger partial charge in [0.05, 0.1) is 37.7 Å². The van der Waals surface area contributed by atoms with Crippen molar-refractivity contribution in [2.75, 3.05) is 32.7 Å². The molecule has 0 bridgehead atoms. The number of sulfonamides is 1. The van der Waals surface area contributed by atoms with Crippen LogP contribution in [0.1, 0.15) is 5.56 Å². The summed E-state index contributed by atoms with van der Waals surface area (Å²) in [6.45, 7) is 3.52. The first-order valence-electron chi connectivity index (χ1n) is 8.37. The number of rotatable bonds is 5. The minimum atomic E-state index is -3.51. The van der Waals surface area contributed by atoms with Crippen molar-refractivity contribution in [3.05, 3.63) is 71.3 Å². The third-order valence-electron chi connectivity index (χ3n) is 4.40. The van der Waals surface area contributed by atoms with Gasteiger partial charge in [-0.05, 0) is 23.8 Å². The number of nitrogens with one attached hydrogen (secondary N) is 1. The minimum Gasteiger partial charge on any atom is -0.329 e. The zero-order valence-corrected chi connectivity index (χ0v) is 15.5. The van der Waals surface area contributed by atoms with Crippen molar-refractivity contribution in [2.24, 2.45) is 0 Å². The van der Waals surface area contributed by atoms with Crippen LogP contribution < -0.4 is 4.90 Å². The Morgan fingerprint density at radius 3 is 2.32 bits per heavy atom. The van der Waals surface area contributed by atoms with Gasteiger partial charge in [-0.1, -0.05) is 60.1 Å². The lowest BCUT2D eigenvalue weighted by Gasteiger charge is -2.31. The third kappa shape index (κ3) is 4.50. The smallest absolute Gasteiger partial charge is 0.244 e. The van der Waals surface area contributed by atoms with Crippen LogP contribution >= 0.6 is 11.6 Å². The van der Waals surface area contributed by atoms with Gasteiger partial charge in [0, 0.05) is 0 Å². The Morgan fingerprint density at radius 1 is 1.00 bits per heavy atom. The molecular weight excluding hydrogens is 356 g/mol. The van der Waals surface area contributed by atoms with Crippen molar-refractivity contribution in [1.82, 2.24) is 4.31 Å². The maximum atomic E-state index is 12.7. The quantitative estimate of drug-likeness (QED) is 0.865. The van der Waals surface area contributed by atoms with Crippen LogP contribution in [0.15, 0.2) is 65.6 Å². The van der Waals surface area contributed by atoms with Crippen LogP contribution in [0.25, 0.3) is 6.08 Å². The second-order valence-electron chi connectivity index (χ2n) is 6.10. The monoisotopic (exact) mass is 377 g/mol. The highest BCUT2D eigenvalue weighted by Crippen LogP contribution is 2.23. The van der Waals surface area contributed by atoms with Crippen molar-refractivity contribution in [3.63, 3.8) is 0 Å². The largest absolute Gasteiger partial charge is 0.329 e. The van der Waals surface area contributed by atoms with Gasteiger partial charge < -0.3 is 4.90 Å². The first-order valence-corrected chi connectivity index (χ1v) is 10.2. The fraction of sp³-hybridized carbons (Fsp3) is 0.263. The van der Waals surface area contributed by atoms with E-state index in [1.807, 2.05) is 18.2 Å². The van der Waals surface area contributed by atoms with Gasteiger partial charge in [0.15, 0.2) is 0 Å². The fourth-order valence-electron chi connectivity index (χ4n) is 2.97. The van der Waals surface area contributed by atoms with E-state index in [1.165, 1.54) is 10.5 Å². The molecule has 1 fully saturated rings. The zero-order chi connectivity index (χ0) is 17.7. The molecule has 1 heterocycles. The summed E-state index contributed by atoms with van der Waals surface area (Å²) >= 11 is 6.06. The molecule has 132 valence electrons. The standard InChI is InChI=1S/C19H21ClN2O2S/c20-18-10-4-5-11-19(18)25(23,24)22-15-13-21(14-16-22)12-6-9-17-7-2-1-3-8-17/h1-11H,12-16H2/p+1/b9-6+. The average Bonchev–Trinajstić information content (AvgIpc) is 2.63. The molecular formula is C19H22ClN2O2S+. The molecule has 3 rings (SSSR count). The molecule has 0 aliphatic carbocycles. The highest BCUT2D eigenvalue weighted by atomic mass is 35.5. The van der Waals surface area contributed by atoms with Gasteiger partial charge in [-0.2, -0.15) is 4.31 Å². The number of hydrogen-bond acceptors (Lipinski definition) is 2. The van der Waals surface area contributed by atoms with Crippen molar-refractivity contribution in [1.29, 1.82) is 0 Å². The second kappa shape index (κ2) is 8.15. The summed E-state index contributed by atoms with van der Waals surface area (Å²) in [5.74, 6) is 0. The number of halogens is 1. The van der Waals surface area contributed by atoms with Gasteiger partial charge in [-0.3, -0.25) is 0 Å². The Labute approximate surface area is 154 Å². The summed E-state index contributed by atoms with van der Waals surface area (Å²) in [4.78, 5) is 1.59. The number of piperazine rings is 1. The molecule has 0 saturated carbocycles. The highest BCUT2D eigenvalue weighted by Gasteiger charge is 2.31. The lowest BCUT2D eigenvalue weighted by Crippen LogP contribution is -3.14. The molecule has 0 radical (unpaired) electrons. The molecule has 1 N–H and O–H groups in total. The first kappa shape index (κ1) is 18.1. The Balaban J connectivity index is 1.57. The summed E-state index contributed by atoms with van der Waals surface area (Å²) < 4.78 is 27.0. The van der Waals surface area contributed by atoms with Crippen LogP contribution in [0.5, 0.6) is 0 Å². The number of hydrogen-bond donors (Lipinski definition) is 1. The maximum Gasteiger partial charge on any atom is 0.244 e. The predicted molar refractivity (Wildman–Crippen MR) is 101 cm³/mol. The predicted octanol–water partition coefficient (Wildman–Crippen LogP) is 1.94. The molecule has 1 aliphatic heterocycles. The van der Waals surface area contributed by atoms with E-state index in [1.54, 1.807) is 28.6 Å². The summed E-state index contributed by atoms with van der Waals surface area (Å²) in [6, 6.07) is 16.8. The summed E-state index contributed by atoms with van der Waals surface area (Å²) in [6.07, 6.45) is 4.27. The molecule has 6 heteroatoms. The van der Waals surface area contributed by atoms with Gasteiger partial charge in [0.2, 0.25) is 10.0 Å². The zero-order valence-electron chi connectivity index (χ0n) is 13.9. The Morgan fingerprint density at radius 2 is 1.64 bits per heavy atom. The minimum absolute atomic E-state index is 0.198. The summed E-state index contributed by atoms with van der Waals surface area (Å²) in [5.41, 5.74) is 1.18. The van der Waals surface area contributed by atoms with Crippen LogP contribution in [-0.4, -0.2) is 45.4 Å². The van der Waals surface area contributed by atoms with E-state index in [0.29, 0.717) is 13.1 Å². The highest BCUT2D eigenvalue weighted by molar-refractivity contribution is 7.89. The van der Waals surface area contributed by atoms with Crippen molar-refractivity contribution < 1.29 is 13.3 Å². The van der Waals surface area contributed by atoms with Gasteiger partial charge in [0.1, 0.15) is 4.90 Å². The lowest BCUT2D eigenvalue weighted by atomic mass is 10.2. The normalized spacial score (nSPS) is 17.2. The molecule has 4 nitrogen and oxygen atoms in total. The third-order valence-corrected chi connectivity index (χ3v) is 6.80. The molecule has 2 aromatic rings. The molecule has 2 aromatic carbocycles. The fourth-order valence-corrected chi connectivity index (χ4v) is 4.90. The van der Waals surface area contributed by atoms with Gasteiger partial charge >= 0.3 is 0 Å². The van der Waals surface area contributed by atoms with Crippen LogP contribution in [0.2, 0.25) is 5.02 Å². The van der Waals surface area contributed by atoms with Gasteiger partial charge in [-0.25, -0.2) is 8.42 Å². The Bertz CT molecular complexity index is 830. The van der Waals surface area contributed by atoms with Crippen LogP contribution in [-0.2, 0) is 10.0 Å².